The van der Waals surface area contributed by atoms with E-state index < -0.39 is 0 Å². The van der Waals surface area contributed by atoms with Crippen molar-refractivity contribution in [3.63, 3.8) is 0 Å². The van der Waals surface area contributed by atoms with Gasteiger partial charge in [-0.05, 0) is 25.5 Å². The molecule has 0 aromatic carbocycles. The lowest BCUT2D eigenvalue weighted by atomic mass is 10.3. The van der Waals surface area contributed by atoms with Crippen molar-refractivity contribution in [1.82, 2.24) is 4.57 Å². The lowest BCUT2D eigenvalue weighted by molar-refractivity contribution is 0.271. The summed E-state index contributed by atoms with van der Waals surface area (Å²) < 4.78 is 2.01. The van der Waals surface area contributed by atoms with Gasteiger partial charge in [0.1, 0.15) is 0 Å². The van der Waals surface area contributed by atoms with Crippen LogP contribution >= 0.6 is 0 Å². The minimum absolute atomic E-state index is 0.135. The second kappa shape index (κ2) is 2.46. The molecule has 10 heavy (non-hydrogen) atoms. The molecule has 0 aliphatic heterocycles. The van der Waals surface area contributed by atoms with E-state index in [-0.39, 0.29) is 6.61 Å². The Balaban J connectivity index is 3.20. The second-order valence-corrected chi connectivity index (χ2v) is 2.63. The van der Waals surface area contributed by atoms with Crippen molar-refractivity contribution < 1.29 is 5.11 Å². The molecule has 0 fully saturated rings. The third kappa shape index (κ3) is 0.948. The van der Waals surface area contributed by atoms with Crippen LogP contribution in [0.2, 0.25) is 0 Å². The number of hydrogen-bond acceptors (Lipinski definition) is 1. The van der Waals surface area contributed by atoms with E-state index in [0.717, 1.165) is 5.69 Å². The Hall–Kier alpha value is -0.760. The van der Waals surface area contributed by atoms with Crippen LogP contribution in [0.1, 0.15) is 17.0 Å². The number of aromatic nitrogens is 1. The fourth-order valence-corrected chi connectivity index (χ4v) is 1.20. The topological polar surface area (TPSA) is 25.2 Å². The predicted molar refractivity (Wildman–Crippen MR) is 40.8 cm³/mol. The van der Waals surface area contributed by atoms with Crippen LogP contribution in [0.15, 0.2) is 6.07 Å². The van der Waals surface area contributed by atoms with Crippen molar-refractivity contribution in [2.45, 2.75) is 20.5 Å². The molecule has 2 nitrogen and oxygen atoms in total. The molecule has 1 aromatic heterocycles. The van der Waals surface area contributed by atoms with Crippen LogP contribution in [0.4, 0.5) is 0 Å². The van der Waals surface area contributed by atoms with Gasteiger partial charge in [-0.15, -0.1) is 0 Å². The van der Waals surface area contributed by atoms with Crippen molar-refractivity contribution in [3.05, 3.63) is 23.0 Å². The quantitative estimate of drug-likeness (QED) is 0.620. The molecule has 1 rings (SSSR count). The monoisotopic (exact) mass is 139 g/mol. The van der Waals surface area contributed by atoms with E-state index in [2.05, 4.69) is 6.07 Å². The Morgan fingerprint density at radius 3 is 2.30 bits per heavy atom. The SMILES string of the molecule is Cc1cc(C)n(C)c1CO. The zero-order chi connectivity index (χ0) is 7.72. The summed E-state index contributed by atoms with van der Waals surface area (Å²) in [5.74, 6) is 0. The maximum Gasteiger partial charge on any atom is 0.0835 e. The van der Waals surface area contributed by atoms with Gasteiger partial charge in [-0.25, -0.2) is 0 Å². The third-order valence-corrected chi connectivity index (χ3v) is 1.96. The van der Waals surface area contributed by atoms with Gasteiger partial charge in [-0.3, -0.25) is 0 Å². The van der Waals surface area contributed by atoms with E-state index >= 15 is 0 Å². The Labute approximate surface area is 61.1 Å². The molecular formula is C8H13NO. The fourth-order valence-electron chi connectivity index (χ4n) is 1.20. The van der Waals surface area contributed by atoms with Crippen LogP contribution in [0, 0.1) is 13.8 Å². The lowest BCUT2D eigenvalue weighted by Gasteiger charge is -2.01. The zero-order valence-corrected chi connectivity index (χ0v) is 6.68. The summed E-state index contributed by atoms with van der Waals surface area (Å²) in [6.45, 7) is 4.18. The van der Waals surface area contributed by atoms with E-state index in [1.54, 1.807) is 0 Å². The van der Waals surface area contributed by atoms with Crippen LogP contribution in [0.25, 0.3) is 0 Å². The average Bonchev–Trinajstić information content (AvgIpc) is 2.09. The van der Waals surface area contributed by atoms with Gasteiger partial charge in [0.05, 0.1) is 6.61 Å². The Morgan fingerprint density at radius 1 is 1.50 bits per heavy atom. The summed E-state index contributed by atoms with van der Waals surface area (Å²) >= 11 is 0. The van der Waals surface area contributed by atoms with Gasteiger partial charge in [0.25, 0.3) is 0 Å². The van der Waals surface area contributed by atoms with Crippen LogP contribution < -0.4 is 0 Å². The Morgan fingerprint density at radius 2 is 2.10 bits per heavy atom. The zero-order valence-electron chi connectivity index (χ0n) is 6.68. The highest BCUT2D eigenvalue weighted by Gasteiger charge is 2.03. The van der Waals surface area contributed by atoms with E-state index in [0.29, 0.717) is 0 Å². The number of hydrogen-bond donors (Lipinski definition) is 1. The second-order valence-electron chi connectivity index (χ2n) is 2.63. The first-order valence-electron chi connectivity index (χ1n) is 3.39. The maximum atomic E-state index is 8.89. The molecule has 1 N–H and O–H groups in total. The van der Waals surface area contributed by atoms with Gasteiger partial charge in [-0.2, -0.15) is 0 Å². The van der Waals surface area contributed by atoms with Crippen LogP contribution in [-0.4, -0.2) is 9.67 Å². The van der Waals surface area contributed by atoms with E-state index in [9.17, 15) is 0 Å². The van der Waals surface area contributed by atoms with Crippen LogP contribution in [-0.2, 0) is 13.7 Å². The first-order chi connectivity index (χ1) is 4.66. The molecule has 1 aromatic rings. The highest BCUT2D eigenvalue weighted by atomic mass is 16.3. The molecule has 0 amide bonds. The third-order valence-electron chi connectivity index (χ3n) is 1.96. The molecule has 2 heteroatoms. The molecular weight excluding hydrogens is 126 g/mol. The predicted octanol–water partition coefficient (Wildman–Crippen LogP) is 1.13. The molecule has 0 saturated carbocycles. The number of aliphatic hydroxyl groups is 1. The highest BCUT2D eigenvalue weighted by Crippen LogP contribution is 2.12. The van der Waals surface area contributed by atoms with Crippen molar-refractivity contribution in [2.24, 2.45) is 7.05 Å². The van der Waals surface area contributed by atoms with Crippen molar-refractivity contribution in [3.8, 4) is 0 Å². The summed E-state index contributed by atoms with van der Waals surface area (Å²) in [5.41, 5.74) is 3.38. The number of rotatable bonds is 1. The molecule has 0 spiro atoms. The lowest BCUT2D eigenvalue weighted by Crippen LogP contribution is -1.98. The largest absolute Gasteiger partial charge is 0.390 e. The Bertz CT molecular complexity index is 238. The highest BCUT2D eigenvalue weighted by molar-refractivity contribution is 5.25. The van der Waals surface area contributed by atoms with Gasteiger partial charge in [0.15, 0.2) is 0 Å². The first-order valence-corrected chi connectivity index (χ1v) is 3.39. The van der Waals surface area contributed by atoms with Gasteiger partial charge >= 0.3 is 0 Å². The minimum atomic E-state index is 0.135. The van der Waals surface area contributed by atoms with Gasteiger partial charge in [0, 0.05) is 18.4 Å². The molecule has 0 bridgehead atoms. The number of aliphatic hydroxyl groups excluding tert-OH is 1. The number of aryl methyl sites for hydroxylation is 2. The summed E-state index contributed by atoms with van der Waals surface area (Å²) in [6.07, 6.45) is 0. The average molecular weight is 139 g/mol. The molecule has 1 heterocycles. The van der Waals surface area contributed by atoms with Gasteiger partial charge < -0.3 is 9.67 Å². The van der Waals surface area contributed by atoms with Crippen LogP contribution in [0.3, 0.4) is 0 Å². The van der Waals surface area contributed by atoms with Crippen molar-refractivity contribution in [1.29, 1.82) is 0 Å². The van der Waals surface area contributed by atoms with Gasteiger partial charge in [-0.1, -0.05) is 0 Å². The smallest absolute Gasteiger partial charge is 0.0835 e. The molecule has 0 aliphatic rings. The van der Waals surface area contributed by atoms with E-state index in [4.69, 9.17) is 5.11 Å². The first kappa shape index (κ1) is 7.35. The Kier molecular flexibility index (Phi) is 1.81. The molecule has 0 saturated heterocycles. The standard InChI is InChI=1S/C8H13NO/c1-6-4-7(2)9(3)8(6)5-10/h4,10H,5H2,1-3H3. The summed E-state index contributed by atoms with van der Waals surface area (Å²) in [7, 11) is 1.97. The van der Waals surface area contributed by atoms with Crippen LogP contribution in [0.5, 0.6) is 0 Å². The molecule has 0 atom stereocenters. The summed E-state index contributed by atoms with van der Waals surface area (Å²) in [6, 6.07) is 2.07. The molecule has 0 radical (unpaired) electrons. The normalized spacial score (nSPS) is 10.4. The van der Waals surface area contributed by atoms with E-state index in [1.165, 1.54) is 11.3 Å². The molecule has 0 aliphatic carbocycles. The van der Waals surface area contributed by atoms with Crippen molar-refractivity contribution >= 4 is 0 Å². The van der Waals surface area contributed by atoms with Gasteiger partial charge in [0.2, 0.25) is 0 Å². The maximum absolute atomic E-state index is 8.89. The minimum Gasteiger partial charge on any atom is -0.390 e. The summed E-state index contributed by atoms with van der Waals surface area (Å²) in [4.78, 5) is 0. The molecule has 56 valence electrons. The van der Waals surface area contributed by atoms with Crippen molar-refractivity contribution in [2.75, 3.05) is 0 Å². The summed E-state index contributed by atoms with van der Waals surface area (Å²) in [5, 5.41) is 8.89. The number of nitrogens with zero attached hydrogens (tertiary/aromatic N) is 1. The molecule has 0 unspecified atom stereocenters. The van der Waals surface area contributed by atoms with E-state index in [1.807, 2.05) is 25.5 Å². The fraction of sp³-hybridized carbons (Fsp3) is 0.500.